The van der Waals surface area contributed by atoms with Crippen molar-refractivity contribution in [3.8, 4) is 34.3 Å². The number of fused-ring (bicyclic) bond motifs is 1. The number of piperazine rings is 1. The minimum absolute atomic E-state index is 0.00153. The van der Waals surface area contributed by atoms with Crippen LogP contribution in [0.1, 0.15) is 23.5 Å². The summed E-state index contributed by atoms with van der Waals surface area (Å²) in [5.41, 5.74) is 0.389. The van der Waals surface area contributed by atoms with Crippen molar-refractivity contribution in [1.82, 2.24) is 9.80 Å². The monoisotopic (exact) mass is 516 g/mol. The number of phenolic OH excluding ortho intramolecular Hbond substituents is 4. The second-order valence-electron chi connectivity index (χ2n) is 9.54. The minimum Gasteiger partial charge on any atom is -0.508 e. The second kappa shape index (κ2) is 10.1. The van der Waals surface area contributed by atoms with E-state index in [0.29, 0.717) is 24.2 Å². The van der Waals surface area contributed by atoms with E-state index in [1.165, 1.54) is 18.2 Å². The van der Waals surface area contributed by atoms with E-state index in [1.54, 1.807) is 41.3 Å². The molecule has 9 heteroatoms. The number of nitrogens with zero attached hydrogens (tertiary/aromatic N) is 2. The lowest BCUT2D eigenvalue weighted by Crippen LogP contribution is -2.47. The van der Waals surface area contributed by atoms with E-state index in [9.17, 15) is 30.0 Å². The molecule has 1 unspecified atom stereocenters. The Hall–Kier alpha value is -4.50. The van der Waals surface area contributed by atoms with Crippen molar-refractivity contribution in [3.63, 3.8) is 0 Å². The average molecular weight is 517 g/mol. The molecule has 4 aromatic rings. The Morgan fingerprint density at radius 1 is 0.895 bits per heavy atom. The zero-order valence-corrected chi connectivity index (χ0v) is 20.8. The SMILES string of the molecule is CN1CCN(C(=O)CC(c2ccc(O)cc2)c2c(O)c(O)c(O)c3c(=O)cc(-c4ccccc4)oc23)CC1. The number of rotatable bonds is 5. The van der Waals surface area contributed by atoms with E-state index in [1.807, 2.05) is 13.1 Å². The summed E-state index contributed by atoms with van der Waals surface area (Å²) in [6, 6.07) is 16.2. The molecule has 4 N–H and O–H groups in total. The van der Waals surface area contributed by atoms with Crippen molar-refractivity contribution in [2.75, 3.05) is 33.2 Å². The molecule has 1 amide bonds. The number of phenols is 4. The molecule has 196 valence electrons. The first-order valence-corrected chi connectivity index (χ1v) is 12.3. The van der Waals surface area contributed by atoms with Gasteiger partial charge in [0.05, 0.1) is 0 Å². The van der Waals surface area contributed by atoms with Crippen molar-refractivity contribution in [3.05, 3.63) is 82.0 Å². The molecular formula is C29H28N2O7. The van der Waals surface area contributed by atoms with E-state index < -0.39 is 28.6 Å². The summed E-state index contributed by atoms with van der Waals surface area (Å²) in [7, 11) is 1.98. The summed E-state index contributed by atoms with van der Waals surface area (Å²) >= 11 is 0. The molecule has 1 aliphatic heterocycles. The molecule has 1 atom stereocenters. The first-order chi connectivity index (χ1) is 18.2. The van der Waals surface area contributed by atoms with Crippen LogP contribution in [0.25, 0.3) is 22.3 Å². The maximum absolute atomic E-state index is 13.5. The van der Waals surface area contributed by atoms with Crippen molar-refractivity contribution in [1.29, 1.82) is 0 Å². The second-order valence-corrected chi connectivity index (χ2v) is 9.54. The van der Waals surface area contributed by atoms with E-state index in [0.717, 1.165) is 13.1 Å². The smallest absolute Gasteiger partial charge is 0.223 e. The van der Waals surface area contributed by atoms with E-state index in [2.05, 4.69) is 4.90 Å². The highest BCUT2D eigenvalue weighted by Gasteiger charge is 2.32. The maximum atomic E-state index is 13.5. The molecule has 0 spiro atoms. The normalized spacial score (nSPS) is 15.0. The average Bonchev–Trinajstić information content (AvgIpc) is 2.92. The Morgan fingerprint density at radius 3 is 2.21 bits per heavy atom. The molecule has 0 bridgehead atoms. The highest BCUT2D eigenvalue weighted by Crippen LogP contribution is 2.49. The van der Waals surface area contributed by atoms with Gasteiger partial charge in [0.1, 0.15) is 22.5 Å². The summed E-state index contributed by atoms with van der Waals surface area (Å²) in [5.74, 6) is -3.20. The maximum Gasteiger partial charge on any atom is 0.223 e. The molecule has 0 saturated carbocycles. The van der Waals surface area contributed by atoms with Crippen LogP contribution in [0.3, 0.4) is 0 Å². The van der Waals surface area contributed by atoms with Crippen molar-refractivity contribution in [2.45, 2.75) is 12.3 Å². The van der Waals surface area contributed by atoms with Crippen molar-refractivity contribution in [2.24, 2.45) is 0 Å². The van der Waals surface area contributed by atoms with Crippen LogP contribution < -0.4 is 5.43 Å². The van der Waals surface area contributed by atoms with Crippen LogP contribution in [0.4, 0.5) is 0 Å². The molecule has 1 fully saturated rings. The summed E-state index contributed by atoms with van der Waals surface area (Å²) in [5, 5.41) is 41.9. The van der Waals surface area contributed by atoms with Gasteiger partial charge in [0.15, 0.2) is 16.9 Å². The Bertz CT molecular complexity index is 1540. The molecule has 0 radical (unpaired) electrons. The standard InChI is InChI=1S/C29H28N2O7/c1-30-11-13-31(14-12-30)23(34)15-20(17-7-9-19(32)10-8-17)24-26(35)28(37)27(36)25-21(33)16-22(38-29(24)25)18-5-3-2-4-6-18/h2-10,16,20,32,35-37H,11-15H2,1H3. The number of carbonyl (C=O) groups excluding carboxylic acids is 1. The fourth-order valence-corrected chi connectivity index (χ4v) is 4.89. The Labute approximate surface area is 218 Å². The number of hydrogen-bond donors (Lipinski definition) is 4. The molecule has 2 heterocycles. The number of carbonyl (C=O) groups is 1. The molecule has 1 saturated heterocycles. The van der Waals surface area contributed by atoms with Gasteiger partial charge in [-0.1, -0.05) is 42.5 Å². The van der Waals surface area contributed by atoms with Crippen LogP contribution in [0.15, 0.2) is 69.9 Å². The van der Waals surface area contributed by atoms with Gasteiger partial charge in [-0.15, -0.1) is 0 Å². The van der Waals surface area contributed by atoms with Gasteiger partial charge < -0.3 is 34.6 Å². The van der Waals surface area contributed by atoms with Crippen LogP contribution in [0, 0.1) is 0 Å². The lowest BCUT2D eigenvalue weighted by molar-refractivity contribution is -0.133. The highest BCUT2D eigenvalue weighted by molar-refractivity contribution is 5.94. The first kappa shape index (κ1) is 25.2. The molecule has 1 aliphatic rings. The van der Waals surface area contributed by atoms with Crippen LogP contribution >= 0.6 is 0 Å². The van der Waals surface area contributed by atoms with Crippen LogP contribution in [0.2, 0.25) is 0 Å². The zero-order chi connectivity index (χ0) is 27.0. The quantitative estimate of drug-likeness (QED) is 0.296. The van der Waals surface area contributed by atoms with Crippen LogP contribution in [0.5, 0.6) is 23.0 Å². The van der Waals surface area contributed by atoms with E-state index in [4.69, 9.17) is 4.42 Å². The van der Waals surface area contributed by atoms with Gasteiger partial charge in [-0.05, 0) is 24.7 Å². The number of hydrogen-bond acceptors (Lipinski definition) is 8. The highest BCUT2D eigenvalue weighted by atomic mass is 16.3. The van der Waals surface area contributed by atoms with Gasteiger partial charge in [0.2, 0.25) is 11.7 Å². The summed E-state index contributed by atoms with van der Waals surface area (Å²) in [6.07, 6.45) is -0.110. The molecular weight excluding hydrogens is 488 g/mol. The first-order valence-electron chi connectivity index (χ1n) is 12.3. The number of likely N-dealkylation sites (N-methyl/N-ethyl adjacent to an activating group) is 1. The molecule has 38 heavy (non-hydrogen) atoms. The molecule has 3 aromatic carbocycles. The Morgan fingerprint density at radius 2 is 1.55 bits per heavy atom. The van der Waals surface area contributed by atoms with Crippen LogP contribution in [-0.4, -0.2) is 69.4 Å². The summed E-state index contributed by atoms with van der Waals surface area (Å²) < 4.78 is 6.13. The molecule has 5 rings (SSSR count). The Balaban J connectivity index is 1.72. The van der Waals surface area contributed by atoms with Gasteiger partial charge >= 0.3 is 0 Å². The lowest BCUT2D eigenvalue weighted by Gasteiger charge is -2.33. The fraction of sp³-hybridized carbons (Fsp3) is 0.241. The van der Waals surface area contributed by atoms with Crippen molar-refractivity contribution < 1.29 is 29.6 Å². The fourth-order valence-electron chi connectivity index (χ4n) is 4.89. The Kier molecular flexibility index (Phi) is 6.69. The third-order valence-electron chi connectivity index (χ3n) is 7.07. The minimum atomic E-state index is -0.872. The van der Waals surface area contributed by atoms with Crippen molar-refractivity contribution >= 4 is 16.9 Å². The van der Waals surface area contributed by atoms with Gasteiger partial charge in [-0.2, -0.15) is 0 Å². The molecule has 1 aromatic heterocycles. The van der Waals surface area contributed by atoms with Gasteiger partial charge in [-0.3, -0.25) is 9.59 Å². The predicted octanol–water partition coefficient (Wildman–Crippen LogP) is 3.58. The third-order valence-corrected chi connectivity index (χ3v) is 7.07. The predicted molar refractivity (Wildman–Crippen MR) is 142 cm³/mol. The van der Waals surface area contributed by atoms with E-state index in [-0.39, 0.29) is 40.4 Å². The topological polar surface area (TPSA) is 135 Å². The largest absolute Gasteiger partial charge is 0.508 e. The van der Waals surface area contributed by atoms with E-state index >= 15 is 0 Å². The van der Waals surface area contributed by atoms with Gasteiger partial charge in [-0.25, -0.2) is 0 Å². The van der Waals surface area contributed by atoms with Crippen LogP contribution in [-0.2, 0) is 4.79 Å². The lowest BCUT2D eigenvalue weighted by atomic mass is 9.85. The third kappa shape index (κ3) is 4.64. The number of aromatic hydroxyl groups is 4. The van der Waals surface area contributed by atoms with Gasteiger partial charge in [0.25, 0.3) is 0 Å². The summed E-state index contributed by atoms with van der Waals surface area (Å²) in [6.45, 7) is 2.52. The summed E-state index contributed by atoms with van der Waals surface area (Å²) in [4.78, 5) is 30.5. The molecule has 0 aliphatic carbocycles. The number of amides is 1. The van der Waals surface area contributed by atoms with Gasteiger partial charge in [0, 0.05) is 55.7 Å². The number of benzene rings is 3. The molecule has 9 nitrogen and oxygen atoms in total. The zero-order valence-electron chi connectivity index (χ0n) is 20.8.